The number of rotatable bonds is 4. The van der Waals surface area contributed by atoms with E-state index in [-0.39, 0.29) is 11.8 Å². The van der Waals surface area contributed by atoms with Crippen LogP contribution in [0.15, 0.2) is 34.9 Å². The lowest BCUT2D eigenvalue weighted by Gasteiger charge is -2.31. The maximum Gasteiger partial charge on any atom is 0.228 e. The van der Waals surface area contributed by atoms with E-state index in [1.54, 1.807) is 6.20 Å². The highest BCUT2D eigenvalue weighted by Gasteiger charge is 2.27. The summed E-state index contributed by atoms with van der Waals surface area (Å²) in [7, 11) is 4.20. The minimum atomic E-state index is 0.0351. The van der Waals surface area contributed by atoms with Crippen molar-refractivity contribution < 1.29 is 9.21 Å². The molecule has 1 aliphatic carbocycles. The second-order valence-corrected chi connectivity index (χ2v) is 7.71. The third-order valence-electron chi connectivity index (χ3n) is 5.54. The first-order valence-corrected chi connectivity index (χ1v) is 9.67. The summed E-state index contributed by atoms with van der Waals surface area (Å²) in [5.74, 6) is 1.89. The molecule has 1 saturated carbocycles. The number of carbonyl (C=O) groups excluding carboxylic acids is 1. The van der Waals surface area contributed by atoms with Crippen LogP contribution in [-0.2, 0) is 4.79 Å². The number of oxazole rings is 1. The molecule has 1 amide bonds. The maximum atomic E-state index is 12.7. The molecule has 1 aliphatic rings. The second kappa shape index (κ2) is 7.67. The molecule has 0 unspecified atom stereocenters. The molecular formula is C21H25N5O2. The summed E-state index contributed by atoms with van der Waals surface area (Å²) < 4.78 is 5.60. The molecule has 4 rings (SSSR count). The largest absolute Gasteiger partial charge is 0.441 e. The minimum absolute atomic E-state index is 0.0351. The summed E-state index contributed by atoms with van der Waals surface area (Å²) in [6.07, 6.45) is 5.62. The van der Waals surface area contributed by atoms with Gasteiger partial charge >= 0.3 is 0 Å². The lowest BCUT2D eigenvalue weighted by molar-refractivity contribution is -0.121. The monoisotopic (exact) mass is 379 g/mol. The van der Waals surface area contributed by atoms with Crippen LogP contribution >= 0.6 is 0 Å². The summed E-state index contributed by atoms with van der Waals surface area (Å²) in [5.41, 5.74) is 1.69. The number of aromatic nitrogens is 3. The van der Waals surface area contributed by atoms with Gasteiger partial charge in [0, 0.05) is 29.8 Å². The van der Waals surface area contributed by atoms with Gasteiger partial charge in [-0.2, -0.15) is 0 Å². The van der Waals surface area contributed by atoms with Gasteiger partial charge in [0.25, 0.3) is 0 Å². The molecule has 7 nitrogen and oxygen atoms in total. The summed E-state index contributed by atoms with van der Waals surface area (Å²) in [4.78, 5) is 19.0. The topological polar surface area (TPSA) is 84.2 Å². The van der Waals surface area contributed by atoms with Crippen LogP contribution in [0.2, 0.25) is 0 Å². The van der Waals surface area contributed by atoms with E-state index in [1.807, 2.05) is 31.2 Å². The zero-order chi connectivity index (χ0) is 19.7. The van der Waals surface area contributed by atoms with Gasteiger partial charge in [0.05, 0.1) is 11.7 Å². The molecule has 0 atom stereocenters. The van der Waals surface area contributed by atoms with Crippen molar-refractivity contribution in [1.82, 2.24) is 20.1 Å². The second-order valence-electron chi connectivity index (χ2n) is 7.71. The summed E-state index contributed by atoms with van der Waals surface area (Å²) in [6.45, 7) is 1.82. The predicted molar refractivity (Wildman–Crippen MR) is 108 cm³/mol. The van der Waals surface area contributed by atoms with E-state index in [2.05, 4.69) is 39.5 Å². The molecule has 3 aromatic rings. The molecule has 1 N–H and O–H groups in total. The molecule has 0 saturated heterocycles. The number of aryl methyl sites for hydroxylation is 1. The highest BCUT2D eigenvalue weighted by molar-refractivity contribution is 5.94. The quantitative estimate of drug-likeness (QED) is 0.745. The van der Waals surface area contributed by atoms with Crippen molar-refractivity contribution in [2.45, 2.75) is 38.6 Å². The third kappa shape index (κ3) is 3.89. The number of carbonyl (C=O) groups is 1. The standard InChI is InChI=1S/C21H25N5O2/c1-13-22-12-19(28-13)15-6-9-18-16(10-15)11-20(25-24-18)23-21(27)14-4-7-17(8-5-14)26(2)3/h6,9-12,14,17H,4-5,7-8H2,1-3H3,(H,23,25,27)/t14-,17-. The highest BCUT2D eigenvalue weighted by atomic mass is 16.4. The van der Waals surface area contributed by atoms with Crippen molar-refractivity contribution in [2.75, 3.05) is 19.4 Å². The Morgan fingerprint density at radius 2 is 1.93 bits per heavy atom. The number of hydrogen-bond donors (Lipinski definition) is 1. The van der Waals surface area contributed by atoms with E-state index >= 15 is 0 Å². The fourth-order valence-electron chi connectivity index (χ4n) is 3.84. The molecule has 1 fully saturated rings. The SMILES string of the molecule is Cc1ncc(-c2ccc3nnc(NC(=O)[C@H]4CC[C@H](N(C)C)CC4)cc3c2)o1. The first kappa shape index (κ1) is 18.6. The van der Waals surface area contributed by atoms with Gasteiger partial charge < -0.3 is 14.6 Å². The Kier molecular flexibility index (Phi) is 5.09. The van der Waals surface area contributed by atoms with Crippen LogP contribution in [0.5, 0.6) is 0 Å². The van der Waals surface area contributed by atoms with Crippen LogP contribution in [-0.4, -0.2) is 46.1 Å². The van der Waals surface area contributed by atoms with E-state index in [0.29, 0.717) is 23.5 Å². The number of anilines is 1. The van der Waals surface area contributed by atoms with Crippen molar-refractivity contribution in [3.05, 3.63) is 36.4 Å². The molecule has 146 valence electrons. The van der Waals surface area contributed by atoms with Crippen molar-refractivity contribution in [3.63, 3.8) is 0 Å². The lowest BCUT2D eigenvalue weighted by Crippen LogP contribution is -2.35. The Morgan fingerprint density at radius 3 is 2.61 bits per heavy atom. The van der Waals surface area contributed by atoms with Crippen LogP contribution in [0.4, 0.5) is 5.82 Å². The van der Waals surface area contributed by atoms with E-state index in [0.717, 1.165) is 42.1 Å². The van der Waals surface area contributed by atoms with Gasteiger partial charge in [0.1, 0.15) is 0 Å². The van der Waals surface area contributed by atoms with Crippen LogP contribution in [0.1, 0.15) is 31.6 Å². The molecule has 1 aromatic carbocycles. The number of nitrogens with one attached hydrogen (secondary N) is 1. The number of fused-ring (bicyclic) bond motifs is 1. The van der Waals surface area contributed by atoms with Gasteiger partial charge in [-0.25, -0.2) is 4.98 Å². The fourth-order valence-corrected chi connectivity index (χ4v) is 3.84. The summed E-state index contributed by atoms with van der Waals surface area (Å²) in [5, 5.41) is 12.2. The Labute approximate surface area is 164 Å². The molecule has 7 heteroatoms. The summed E-state index contributed by atoms with van der Waals surface area (Å²) in [6, 6.07) is 8.23. The number of benzene rings is 1. The van der Waals surface area contributed by atoms with E-state index < -0.39 is 0 Å². The van der Waals surface area contributed by atoms with Crippen LogP contribution in [0.3, 0.4) is 0 Å². The third-order valence-corrected chi connectivity index (χ3v) is 5.54. The van der Waals surface area contributed by atoms with E-state index in [1.165, 1.54) is 0 Å². The molecule has 0 aliphatic heterocycles. The molecule has 0 spiro atoms. The molecular weight excluding hydrogens is 354 g/mol. The zero-order valence-corrected chi connectivity index (χ0v) is 16.5. The Bertz CT molecular complexity index is 989. The van der Waals surface area contributed by atoms with Gasteiger partial charge in [0.2, 0.25) is 5.91 Å². The molecule has 2 aromatic heterocycles. The first-order chi connectivity index (χ1) is 13.5. The van der Waals surface area contributed by atoms with Crippen LogP contribution < -0.4 is 5.32 Å². The maximum absolute atomic E-state index is 12.7. The zero-order valence-electron chi connectivity index (χ0n) is 16.5. The minimum Gasteiger partial charge on any atom is -0.441 e. The predicted octanol–water partition coefficient (Wildman–Crippen LogP) is 3.65. The van der Waals surface area contributed by atoms with E-state index in [4.69, 9.17) is 4.42 Å². The average Bonchev–Trinajstić information content (AvgIpc) is 3.14. The first-order valence-electron chi connectivity index (χ1n) is 9.67. The van der Waals surface area contributed by atoms with Crippen molar-refractivity contribution in [1.29, 1.82) is 0 Å². The van der Waals surface area contributed by atoms with Gasteiger partial charge in [0.15, 0.2) is 17.5 Å². The van der Waals surface area contributed by atoms with E-state index in [9.17, 15) is 4.79 Å². The normalized spacial score (nSPS) is 19.9. The molecule has 0 radical (unpaired) electrons. The van der Waals surface area contributed by atoms with Gasteiger partial charge in [-0.15, -0.1) is 10.2 Å². The Balaban J connectivity index is 1.49. The summed E-state index contributed by atoms with van der Waals surface area (Å²) >= 11 is 0. The molecule has 2 heterocycles. The molecule has 0 bridgehead atoms. The van der Waals surface area contributed by atoms with Gasteiger partial charge in [-0.1, -0.05) is 0 Å². The average molecular weight is 379 g/mol. The fraction of sp³-hybridized carbons (Fsp3) is 0.429. The number of amides is 1. The van der Waals surface area contributed by atoms with Gasteiger partial charge in [-0.3, -0.25) is 4.79 Å². The Hall–Kier alpha value is -2.80. The van der Waals surface area contributed by atoms with Gasteiger partial charge in [-0.05, 0) is 64.0 Å². The van der Waals surface area contributed by atoms with Crippen LogP contribution in [0.25, 0.3) is 22.2 Å². The molecule has 28 heavy (non-hydrogen) atoms. The number of hydrogen-bond acceptors (Lipinski definition) is 6. The Morgan fingerprint density at radius 1 is 1.14 bits per heavy atom. The lowest BCUT2D eigenvalue weighted by atomic mass is 9.85. The van der Waals surface area contributed by atoms with Crippen molar-refractivity contribution >= 4 is 22.6 Å². The smallest absolute Gasteiger partial charge is 0.228 e. The van der Waals surface area contributed by atoms with Crippen LogP contribution in [0, 0.1) is 12.8 Å². The highest BCUT2D eigenvalue weighted by Crippen LogP contribution is 2.28. The van der Waals surface area contributed by atoms with Crippen molar-refractivity contribution in [3.8, 4) is 11.3 Å². The number of nitrogens with zero attached hydrogens (tertiary/aromatic N) is 4. The van der Waals surface area contributed by atoms with Crippen molar-refractivity contribution in [2.24, 2.45) is 5.92 Å².